The second-order valence-corrected chi connectivity index (χ2v) is 4.32. The standard InChI is InChI=1S/C5H6Cl4O/c6-3-1-2-10-5(3,9)4(7)8/h3-4H,1-2H2. The molecule has 1 heterocycles. The van der Waals surface area contributed by atoms with Crippen molar-refractivity contribution in [2.75, 3.05) is 6.61 Å². The van der Waals surface area contributed by atoms with Gasteiger partial charge >= 0.3 is 0 Å². The molecule has 0 saturated carbocycles. The zero-order valence-electron chi connectivity index (χ0n) is 4.99. The Labute approximate surface area is 79.5 Å². The molecule has 5 heteroatoms. The van der Waals surface area contributed by atoms with Gasteiger partial charge in [0.1, 0.15) is 0 Å². The molecule has 60 valence electrons. The maximum atomic E-state index is 5.84. The van der Waals surface area contributed by atoms with Crippen molar-refractivity contribution in [3.05, 3.63) is 0 Å². The lowest BCUT2D eigenvalue weighted by atomic mass is 10.2. The fourth-order valence-corrected chi connectivity index (χ4v) is 1.83. The maximum absolute atomic E-state index is 5.84. The Kier molecular flexibility index (Phi) is 2.98. The highest BCUT2D eigenvalue weighted by Gasteiger charge is 2.47. The minimum absolute atomic E-state index is 0.297. The third-order valence-corrected chi connectivity index (χ3v) is 3.54. The van der Waals surface area contributed by atoms with Crippen LogP contribution in [0.1, 0.15) is 6.42 Å². The molecule has 0 aliphatic carbocycles. The van der Waals surface area contributed by atoms with Crippen LogP contribution in [0, 0.1) is 0 Å². The molecule has 1 rings (SSSR count). The van der Waals surface area contributed by atoms with Crippen LogP contribution in [-0.4, -0.2) is 21.9 Å². The summed E-state index contributed by atoms with van der Waals surface area (Å²) in [6, 6.07) is 0. The van der Waals surface area contributed by atoms with Crippen LogP contribution in [0.5, 0.6) is 0 Å². The Morgan fingerprint density at radius 1 is 1.50 bits per heavy atom. The van der Waals surface area contributed by atoms with E-state index in [1.807, 2.05) is 0 Å². The predicted molar refractivity (Wildman–Crippen MR) is 44.3 cm³/mol. The van der Waals surface area contributed by atoms with Gasteiger partial charge in [-0.25, -0.2) is 0 Å². The second-order valence-electron chi connectivity index (χ2n) is 2.10. The Hall–Kier alpha value is 1.12. The molecule has 1 nitrogen and oxygen atoms in total. The highest BCUT2D eigenvalue weighted by atomic mass is 35.5. The smallest absolute Gasteiger partial charge is 0.187 e. The highest BCUT2D eigenvalue weighted by molar-refractivity contribution is 6.50. The topological polar surface area (TPSA) is 9.23 Å². The van der Waals surface area contributed by atoms with Crippen molar-refractivity contribution < 1.29 is 4.74 Å². The van der Waals surface area contributed by atoms with E-state index in [4.69, 9.17) is 51.1 Å². The van der Waals surface area contributed by atoms with Crippen LogP contribution in [0.15, 0.2) is 0 Å². The minimum atomic E-state index is -1.08. The van der Waals surface area contributed by atoms with Gasteiger partial charge in [0, 0.05) is 0 Å². The van der Waals surface area contributed by atoms with Crippen LogP contribution >= 0.6 is 46.4 Å². The summed E-state index contributed by atoms with van der Waals surface area (Å²) in [5.74, 6) is 0. The Balaban J connectivity index is 2.66. The monoisotopic (exact) mass is 222 g/mol. The summed E-state index contributed by atoms with van der Waals surface area (Å²) < 4.78 is 5.08. The predicted octanol–water partition coefficient (Wildman–Crippen LogP) is 2.75. The number of halogens is 4. The molecule has 1 aliphatic rings. The summed E-state index contributed by atoms with van der Waals surface area (Å²) >= 11 is 22.7. The van der Waals surface area contributed by atoms with Crippen molar-refractivity contribution in [2.45, 2.75) is 21.7 Å². The van der Waals surface area contributed by atoms with Gasteiger partial charge in [-0.1, -0.05) is 11.6 Å². The third kappa shape index (κ3) is 1.49. The molecule has 0 N–H and O–H groups in total. The molecular weight excluding hydrogens is 218 g/mol. The average molecular weight is 224 g/mol. The van der Waals surface area contributed by atoms with Gasteiger partial charge in [-0.15, -0.1) is 34.8 Å². The number of hydrogen-bond acceptors (Lipinski definition) is 1. The summed E-state index contributed by atoms with van der Waals surface area (Å²) in [4.78, 5) is -0.779. The zero-order chi connectivity index (χ0) is 7.78. The van der Waals surface area contributed by atoms with Crippen LogP contribution in [0.3, 0.4) is 0 Å². The molecule has 0 spiro atoms. The quantitative estimate of drug-likeness (QED) is 0.622. The molecule has 0 aromatic rings. The first-order valence-corrected chi connectivity index (χ1v) is 4.51. The van der Waals surface area contributed by atoms with Gasteiger partial charge in [-0.05, 0) is 6.42 Å². The molecule has 2 atom stereocenters. The SMILES string of the molecule is ClC(Cl)C1(Cl)OCCC1Cl. The fourth-order valence-electron chi connectivity index (χ4n) is 0.806. The van der Waals surface area contributed by atoms with E-state index in [2.05, 4.69) is 0 Å². The number of alkyl halides is 4. The average Bonchev–Trinajstić information content (AvgIpc) is 2.15. The molecule has 2 unspecified atom stereocenters. The first kappa shape index (κ1) is 9.21. The molecule has 1 saturated heterocycles. The van der Waals surface area contributed by atoms with Crippen molar-refractivity contribution in [2.24, 2.45) is 0 Å². The third-order valence-electron chi connectivity index (χ3n) is 1.42. The summed E-state index contributed by atoms with van der Waals surface area (Å²) in [6.07, 6.45) is 0.695. The van der Waals surface area contributed by atoms with Crippen LogP contribution in [0.2, 0.25) is 0 Å². The molecule has 0 bridgehead atoms. The van der Waals surface area contributed by atoms with E-state index < -0.39 is 9.90 Å². The van der Waals surface area contributed by atoms with E-state index in [1.165, 1.54) is 0 Å². The molecular formula is C5H6Cl4O. The fraction of sp³-hybridized carbons (Fsp3) is 1.00. The minimum Gasteiger partial charge on any atom is -0.355 e. The molecule has 0 amide bonds. The van der Waals surface area contributed by atoms with Crippen molar-refractivity contribution in [3.8, 4) is 0 Å². The number of hydrogen-bond donors (Lipinski definition) is 0. The van der Waals surface area contributed by atoms with Gasteiger partial charge in [0.05, 0.1) is 12.0 Å². The van der Waals surface area contributed by atoms with Crippen LogP contribution in [0.25, 0.3) is 0 Å². The Morgan fingerprint density at radius 3 is 2.30 bits per heavy atom. The van der Waals surface area contributed by atoms with Crippen molar-refractivity contribution in [1.82, 2.24) is 0 Å². The molecule has 0 radical (unpaired) electrons. The van der Waals surface area contributed by atoms with Gasteiger partial charge in [-0.3, -0.25) is 0 Å². The van der Waals surface area contributed by atoms with Gasteiger partial charge < -0.3 is 4.74 Å². The van der Waals surface area contributed by atoms with Crippen molar-refractivity contribution >= 4 is 46.4 Å². The molecule has 1 fully saturated rings. The van der Waals surface area contributed by atoms with E-state index >= 15 is 0 Å². The van der Waals surface area contributed by atoms with E-state index in [0.717, 1.165) is 0 Å². The van der Waals surface area contributed by atoms with Crippen molar-refractivity contribution in [1.29, 1.82) is 0 Å². The second kappa shape index (κ2) is 3.24. The van der Waals surface area contributed by atoms with Gasteiger partial charge in [-0.2, -0.15) is 0 Å². The summed E-state index contributed by atoms with van der Waals surface area (Å²) in [7, 11) is 0. The van der Waals surface area contributed by atoms with Crippen LogP contribution in [0.4, 0.5) is 0 Å². The lowest BCUT2D eigenvalue weighted by molar-refractivity contribution is 0.0873. The van der Waals surface area contributed by atoms with E-state index in [9.17, 15) is 0 Å². The van der Waals surface area contributed by atoms with E-state index in [1.54, 1.807) is 0 Å². The highest BCUT2D eigenvalue weighted by Crippen LogP contribution is 2.41. The lowest BCUT2D eigenvalue weighted by Gasteiger charge is -2.24. The summed E-state index contributed by atoms with van der Waals surface area (Å²) in [5, 5.41) is -1.38. The molecule has 0 aromatic heterocycles. The van der Waals surface area contributed by atoms with E-state index in [-0.39, 0.29) is 5.38 Å². The lowest BCUT2D eigenvalue weighted by Crippen LogP contribution is -2.36. The summed E-state index contributed by atoms with van der Waals surface area (Å²) in [6.45, 7) is 0.521. The largest absolute Gasteiger partial charge is 0.355 e. The van der Waals surface area contributed by atoms with Gasteiger partial charge in [0.25, 0.3) is 0 Å². The molecule has 10 heavy (non-hydrogen) atoms. The molecule has 0 aromatic carbocycles. The Morgan fingerprint density at radius 2 is 2.10 bits per heavy atom. The van der Waals surface area contributed by atoms with Gasteiger partial charge in [0.2, 0.25) is 0 Å². The van der Waals surface area contributed by atoms with Crippen LogP contribution in [-0.2, 0) is 4.74 Å². The first-order chi connectivity index (χ1) is 4.57. The maximum Gasteiger partial charge on any atom is 0.187 e. The Bertz CT molecular complexity index is 129. The van der Waals surface area contributed by atoms with Crippen LogP contribution < -0.4 is 0 Å². The zero-order valence-corrected chi connectivity index (χ0v) is 8.01. The summed E-state index contributed by atoms with van der Waals surface area (Å²) in [5.41, 5.74) is 0. The normalized spacial score (nSPS) is 41.1. The molecule has 1 aliphatic heterocycles. The van der Waals surface area contributed by atoms with Crippen molar-refractivity contribution in [3.63, 3.8) is 0 Å². The van der Waals surface area contributed by atoms with E-state index in [0.29, 0.717) is 13.0 Å². The first-order valence-electron chi connectivity index (χ1n) is 2.82. The number of rotatable bonds is 1. The number of ether oxygens (including phenoxy) is 1. The van der Waals surface area contributed by atoms with Gasteiger partial charge in [0.15, 0.2) is 9.90 Å².